The average Bonchev–Trinajstić information content (AvgIpc) is 3.15. The Morgan fingerprint density at radius 3 is 2.77 bits per heavy atom. The van der Waals surface area contributed by atoms with Gasteiger partial charge < -0.3 is 15.5 Å². The van der Waals surface area contributed by atoms with Crippen molar-refractivity contribution < 1.29 is 1.43 Å². The third-order valence-corrected chi connectivity index (χ3v) is 7.18. The molecule has 0 amide bonds. The van der Waals surface area contributed by atoms with E-state index in [0.29, 0.717) is 12.0 Å². The minimum Gasteiger partial charge on any atom is -0.352 e. The van der Waals surface area contributed by atoms with Gasteiger partial charge in [-0.2, -0.15) is 0 Å². The second-order valence-electron chi connectivity index (χ2n) is 8.58. The van der Waals surface area contributed by atoms with Crippen molar-refractivity contribution in [2.45, 2.75) is 38.6 Å². The molecule has 0 radical (unpaired) electrons. The number of amidine groups is 1. The standard InChI is InChI=1S/C25H29N5S.H2/c1-17(2)24-29-22-23(27-20-10-6-7-11-21(20)28-25(22)31-24)30-15-14-26-19(16-30)13-12-18-8-4-3-5-9-18;/h3-11,17,19,26,28H,12-16H2,1-2H3;1H/t19-;/m0./s1. The minimum atomic E-state index is 0. The molecule has 0 saturated carbocycles. The fraction of sp³-hybridized carbons (Fsp3) is 0.360. The first kappa shape index (κ1) is 20.2. The molecule has 5 nitrogen and oxygen atoms in total. The number of hydrogen-bond acceptors (Lipinski definition) is 6. The Kier molecular flexibility index (Phi) is 5.74. The summed E-state index contributed by atoms with van der Waals surface area (Å²) in [6, 6.07) is 19.5. The van der Waals surface area contributed by atoms with E-state index >= 15 is 0 Å². The van der Waals surface area contributed by atoms with E-state index in [1.165, 1.54) is 5.56 Å². The van der Waals surface area contributed by atoms with Crippen molar-refractivity contribution in [2.75, 3.05) is 25.0 Å². The van der Waals surface area contributed by atoms with Crippen LogP contribution in [0.4, 0.5) is 16.4 Å². The van der Waals surface area contributed by atoms with E-state index in [0.717, 1.165) is 65.4 Å². The third-order valence-electron chi connectivity index (χ3n) is 5.91. The highest BCUT2D eigenvalue weighted by Gasteiger charge is 2.29. The maximum Gasteiger partial charge on any atom is 0.158 e. The number of aliphatic imine (C=N–C) groups is 1. The van der Waals surface area contributed by atoms with Gasteiger partial charge in [0.2, 0.25) is 0 Å². The minimum absolute atomic E-state index is 0. The van der Waals surface area contributed by atoms with Crippen LogP contribution >= 0.6 is 11.3 Å². The van der Waals surface area contributed by atoms with E-state index in [9.17, 15) is 0 Å². The van der Waals surface area contributed by atoms with Crippen molar-refractivity contribution in [2.24, 2.45) is 4.99 Å². The Morgan fingerprint density at radius 2 is 1.94 bits per heavy atom. The van der Waals surface area contributed by atoms with Gasteiger partial charge in [0.25, 0.3) is 0 Å². The van der Waals surface area contributed by atoms with E-state index in [4.69, 9.17) is 9.98 Å². The lowest BCUT2D eigenvalue weighted by molar-refractivity contribution is 0.282. The first-order valence-electron chi connectivity index (χ1n) is 11.2. The monoisotopic (exact) mass is 433 g/mol. The Morgan fingerprint density at radius 1 is 1.13 bits per heavy atom. The lowest BCUT2D eigenvalue weighted by Crippen LogP contribution is -2.53. The summed E-state index contributed by atoms with van der Waals surface area (Å²) in [5.74, 6) is 1.40. The molecule has 3 heterocycles. The summed E-state index contributed by atoms with van der Waals surface area (Å²) in [4.78, 5) is 12.6. The predicted octanol–water partition coefficient (Wildman–Crippen LogP) is 5.55. The number of thiazole rings is 1. The van der Waals surface area contributed by atoms with Crippen LogP contribution in [-0.4, -0.2) is 41.4 Å². The van der Waals surface area contributed by atoms with Gasteiger partial charge in [0.15, 0.2) is 5.84 Å². The largest absolute Gasteiger partial charge is 0.352 e. The number of nitrogens with zero attached hydrogens (tertiary/aromatic N) is 3. The predicted molar refractivity (Wildman–Crippen MR) is 132 cm³/mol. The summed E-state index contributed by atoms with van der Waals surface area (Å²) in [5.41, 5.74) is 4.42. The molecule has 0 aliphatic carbocycles. The lowest BCUT2D eigenvalue weighted by Gasteiger charge is -2.35. The van der Waals surface area contributed by atoms with Crippen LogP contribution in [0.5, 0.6) is 0 Å². The van der Waals surface area contributed by atoms with E-state index in [1.54, 1.807) is 11.3 Å². The fourth-order valence-electron chi connectivity index (χ4n) is 4.20. The second kappa shape index (κ2) is 8.81. The molecule has 0 spiro atoms. The van der Waals surface area contributed by atoms with Gasteiger partial charge in [-0.3, -0.25) is 0 Å². The second-order valence-corrected chi connectivity index (χ2v) is 9.61. The van der Waals surface area contributed by atoms with Gasteiger partial charge in [0, 0.05) is 33.0 Å². The van der Waals surface area contributed by atoms with Gasteiger partial charge in [-0.15, -0.1) is 11.3 Å². The molecular formula is C25H31N5S. The summed E-state index contributed by atoms with van der Waals surface area (Å²) in [6.07, 6.45) is 2.20. The number of aromatic nitrogens is 1. The highest BCUT2D eigenvalue weighted by Crippen LogP contribution is 2.39. The number of hydrogen-bond donors (Lipinski definition) is 2. The van der Waals surface area contributed by atoms with Crippen molar-refractivity contribution >= 4 is 33.5 Å². The summed E-state index contributed by atoms with van der Waals surface area (Å²) in [6.45, 7) is 7.25. The Labute approximate surface area is 189 Å². The summed E-state index contributed by atoms with van der Waals surface area (Å²) >= 11 is 1.75. The zero-order valence-electron chi connectivity index (χ0n) is 18.1. The molecule has 162 valence electrons. The molecule has 3 aromatic rings. The Hall–Kier alpha value is -2.70. The van der Waals surface area contributed by atoms with E-state index < -0.39 is 0 Å². The van der Waals surface area contributed by atoms with Crippen LogP contribution in [0.3, 0.4) is 0 Å². The van der Waals surface area contributed by atoms with E-state index in [2.05, 4.69) is 84.0 Å². The molecule has 2 aromatic carbocycles. The maximum atomic E-state index is 5.13. The molecule has 2 aliphatic rings. The highest BCUT2D eigenvalue weighted by molar-refractivity contribution is 7.16. The topological polar surface area (TPSA) is 52.6 Å². The van der Waals surface area contributed by atoms with Gasteiger partial charge in [0.05, 0.1) is 16.4 Å². The number of benzene rings is 2. The molecule has 0 unspecified atom stereocenters. The molecule has 1 aromatic heterocycles. The van der Waals surface area contributed by atoms with Crippen LogP contribution in [0.15, 0.2) is 59.6 Å². The lowest BCUT2D eigenvalue weighted by atomic mass is 10.0. The van der Waals surface area contributed by atoms with E-state index in [-0.39, 0.29) is 1.43 Å². The van der Waals surface area contributed by atoms with Gasteiger partial charge >= 0.3 is 0 Å². The molecule has 2 aliphatic heterocycles. The molecule has 31 heavy (non-hydrogen) atoms. The molecule has 2 N–H and O–H groups in total. The quantitative estimate of drug-likeness (QED) is 0.566. The molecular weight excluding hydrogens is 402 g/mol. The number of aryl methyl sites for hydroxylation is 1. The van der Waals surface area contributed by atoms with Crippen LogP contribution in [0.25, 0.3) is 0 Å². The first-order chi connectivity index (χ1) is 15.2. The van der Waals surface area contributed by atoms with Crippen molar-refractivity contribution in [3.05, 3.63) is 70.9 Å². The Balaban J connectivity index is 0.00000245. The molecule has 1 saturated heterocycles. The smallest absolute Gasteiger partial charge is 0.158 e. The first-order valence-corrected chi connectivity index (χ1v) is 12.0. The van der Waals surface area contributed by atoms with Gasteiger partial charge in [-0.1, -0.05) is 56.3 Å². The third kappa shape index (κ3) is 4.36. The van der Waals surface area contributed by atoms with Crippen LogP contribution in [0, 0.1) is 0 Å². The van der Waals surface area contributed by atoms with Gasteiger partial charge in [0.1, 0.15) is 10.7 Å². The number of nitrogens with one attached hydrogen (secondary N) is 2. The SMILES string of the molecule is CC(C)c1nc2c(s1)Nc1ccccc1N=C2N1CCN[C@@H](CCc2ccccc2)C1.[HH]. The fourth-order valence-corrected chi connectivity index (χ4v) is 5.18. The number of piperazine rings is 1. The molecule has 5 rings (SSSR count). The molecule has 6 heteroatoms. The van der Waals surface area contributed by atoms with Crippen molar-refractivity contribution in [1.82, 2.24) is 15.2 Å². The zero-order chi connectivity index (χ0) is 21.2. The number of fused-ring (bicyclic) bond motifs is 2. The molecule has 1 atom stereocenters. The van der Waals surface area contributed by atoms with Crippen molar-refractivity contribution in [3.63, 3.8) is 0 Å². The summed E-state index contributed by atoms with van der Waals surface area (Å²) in [5, 5.41) is 9.57. The Bertz CT molecular complexity index is 1080. The maximum absolute atomic E-state index is 5.13. The number of rotatable bonds is 4. The normalized spacial score (nSPS) is 18.1. The number of para-hydroxylation sites is 2. The van der Waals surface area contributed by atoms with Crippen molar-refractivity contribution in [1.29, 1.82) is 0 Å². The van der Waals surface area contributed by atoms with Gasteiger partial charge in [-0.25, -0.2) is 9.98 Å². The average molecular weight is 434 g/mol. The van der Waals surface area contributed by atoms with Crippen LogP contribution in [-0.2, 0) is 6.42 Å². The van der Waals surface area contributed by atoms with Crippen LogP contribution < -0.4 is 10.6 Å². The summed E-state index contributed by atoms with van der Waals surface area (Å²) < 4.78 is 0. The molecule has 0 bridgehead atoms. The number of anilines is 2. The highest BCUT2D eigenvalue weighted by atomic mass is 32.1. The van der Waals surface area contributed by atoms with Crippen LogP contribution in [0.2, 0.25) is 0 Å². The zero-order valence-corrected chi connectivity index (χ0v) is 19.0. The molecule has 1 fully saturated rings. The van der Waals surface area contributed by atoms with Crippen molar-refractivity contribution in [3.8, 4) is 0 Å². The van der Waals surface area contributed by atoms with E-state index in [1.807, 2.05) is 0 Å². The van der Waals surface area contributed by atoms with Crippen LogP contribution in [0.1, 0.15) is 43.9 Å². The van der Waals surface area contributed by atoms with Gasteiger partial charge in [-0.05, 0) is 30.5 Å². The summed E-state index contributed by atoms with van der Waals surface area (Å²) in [7, 11) is 0.